The van der Waals surface area contributed by atoms with Gasteiger partial charge in [0.1, 0.15) is 6.54 Å². The summed E-state index contributed by atoms with van der Waals surface area (Å²) in [6.07, 6.45) is 3.82. The first-order chi connectivity index (χ1) is 12.9. The molecule has 0 radical (unpaired) electrons. The van der Waals surface area contributed by atoms with Crippen molar-refractivity contribution in [1.29, 1.82) is 0 Å². The van der Waals surface area contributed by atoms with E-state index < -0.39 is 10.7 Å². The fraction of sp³-hybridized carbons (Fsp3) is 0.444. The Kier molecular flexibility index (Phi) is 6.08. The molecule has 1 aliphatic rings. The Morgan fingerprint density at radius 2 is 1.93 bits per heavy atom. The van der Waals surface area contributed by atoms with E-state index in [1.165, 1.54) is 29.5 Å². The zero-order valence-electron chi connectivity index (χ0n) is 15.2. The van der Waals surface area contributed by atoms with Crippen LogP contribution in [0.3, 0.4) is 0 Å². The minimum absolute atomic E-state index is 0.0464. The Hall–Kier alpha value is -2.45. The van der Waals surface area contributed by atoms with Crippen LogP contribution in [-0.4, -0.2) is 38.6 Å². The van der Waals surface area contributed by atoms with Crippen LogP contribution in [0.4, 0.5) is 11.5 Å². The number of hydrogen-bond donors (Lipinski definition) is 1. The van der Waals surface area contributed by atoms with Crippen molar-refractivity contribution in [2.45, 2.75) is 39.3 Å². The number of amides is 1. The van der Waals surface area contributed by atoms with Crippen molar-refractivity contribution in [2.24, 2.45) is 0 Å². The van der Waals surface area contributed by atoms with Gasteiger partial charge in [0, 0.05) is 12.2 Å². The van der Waals surface area contributed by atoms with E-state index >= 15 is 0 Å². The molecule has 0 spiro atoms. The second-order valence-corrected chi connectivity index (χ2v) is 7.10. The normalized spacial score (nSPS) is 14.9. The third kappa shape index (κ3) is 4.84. The molecule has 144 valence electrons. The lowest BCUT2D eigenvalue weighted by atomic mass is 10.1. The smallest absolute Gasteiger partial charge is 0.358 e. The van der Waals surface area contributed by atoms with E-state index in [2.05, 4.69) is 15.3 Å². The molecule has 1 saturated heterocycles. The van der Waals surface area contributed by atoms with Crippen molar-refractivity contribution in [3.05, 3.63) is 50.7 Å². The molecule has 1 amide bonds. The van der Waals surface area contributed by atoms with E-state index in [4.69, 9.17) is 11.6 Å². The van der Waals surface area contributed by atoms with E-state index in [1.807, 2.05) is 24.3 Å². The van der Waals surface area contributed by atoms with Gasteiger partial charge >= 0.3 is 5.82 Å². The Bertz CT molecular complexity index is 828. The summed E-state index contributed by atoms with van der Waals surface area (Å²) in [6.45, 7) is 4.63. The van der Waals surface area contributed by atoms with Crippen molar-refractivity contribution in [3.8, 4) is 0 Å². The van der Waals surface area contributed by atoms with Crippen LogP contribution in [0.15, 0.2) is 24.3 Å². The Balaban J connectivity index is 1.58. The molecule has 1 aromatic carbocycles. The molecule has 1 aromatic heterocycles. The fourth-order valence-electron chi connectivity index (χ4n) is 3.18. The van der Waals surface area contributed by atoms with Gasteiger partial charge in [-0.3, -0.25) is 9.69 Å². The maximum Gasteiger partial charge on any atom is 0.408 e. The molecule has 0 atom stereocenters. The van der Waals surface area contributed by atoms with E-state index in [1.54, 1.807) is 6.92 Å². The zero-order chi connectivity index (χ0) is 19.4. The summed E-state index contributed by atoms with van der Waals surface area (Å²) in [5.74, 6) is -0.764. The predicted octanol–water partition coefficient (Wildman–Crippen LogP) is 3.38. The Labute approximate surface area is 162 Å². The topological polar surface area (TPSA) is 93.3 Å². The maximum absolute atomic E-state index is 12.2. The van der Waals surface area contributed by atoms with Crippen LogP contribution >= 0.6 is 11.6 Å². The summed E-state index contributed by atoms with van der Waals surface area (Å²) in [4.78, 5) is 24.9. The van der Waals surface area contributed by atoms with Gasteiger partial charge < -0.3 is 15.4 Å². The highest BCUT2D eigenvalue weighted by molar-refractivity contribution is 6.33. The number of anilines is 1. The number of nitro groups is 1. The molecule has 0 bridgehead atoms. The van der Waals surface area contributed by atoms with Crippen LogP contribution in [0.5, 0.6) is 0 Å². The van der Waals surface area contributed by atoms with Crippen LogP contribution in [0, 0.1) is 17.0 Å². The lowest BCUT2D eigenvalue weighted by molar-refractivity contribution is -0.389. The SMILES string of the molecule is Cc1c(Cl)c([N+](=O)[O-])nn1CC(=O)Nc1ccc(CN2CCCCC2)cc1. The van der Waals surface area contributed by atoms with E-state index in [0.717, 1.165) is 19.6 Å². The molecule has 2 heterocycles. The summed E-state index contributed by atoms with van der Waals surface area (Å²) in [7, 11) is 0. The summed E-state index contributed by atoms with van der Waals surface area (Å²) in [5, 5.41) is 17.4. The first-order valence-corrected chi connectivity index (χ1v) is 9.30. The van der Waals surface area contributed by atoms with E-state index in [-0.39, 0.29) is 17.5 Å². The van der Waals surface area contributed by atoms with Crippen LogP contribution in [0.1, 0.15) is 30.5 Å². The molecule has 8 nitrogen and oxygen atoms in total. The second kappa shape index (κ2) is 8.49. The van der Waals surface area contributed by atoms with Gasteiger partial charge in [-0.25, -0.2) is 0 Å². The summed E-state index contributed by atoms with van der Waals surface area (Å²) in [5.41, 5.74) is 2.27. The molecule has 1 fully saturated rings. The largest absolute Gasteiger partial charge is 0.408 e. The van der Waals surface area contributed by atoms with Crippen molar-refractivity contribution >= 4 is 29.0 Å². The summed E-state index contributed by atoms with van der Waals surface area (Å²) >= 11 is 5.89. The standard InChI is InChI=1S/C18H22ClN5O3/c1-13-17(19)18(24(26)27)21-23(13)12-16(25)20-15-7-5-14(6-8-15)11-22-9-3-2-4-10-22/h5-8H,2-4,9-12H2,1H3,(H,20,25). The molecule has 0 aliphatic carbocycles. The number of carbonyl (C=O) groups is 1. The average Bonchev–Trinajstić information content (AvgIpc) is 2.93. The molecule has 0 saturated carbocycles. The lowest BCUT2D eigenvalue weighted by Crippen LogP contribution is -2.29. The van der Waals surface area contributed by atoms with Gasteiger partial charge in [0.05, 0.1) is 10.8 Å². The maximum atomic E-state index is 12.2. The van der Waals surface area contributed by atoms with Gasteiger partial charge in [-0.2, -0.15) is 4.68 Å². The highest BCUT2D eigenvalue weighted by Crippen LogP contribution is 2.26. The van der Waals surface area contributed by atoms with E-state index in [9.17, 15) is 14.9 Å². The first-order valence-electron chi connectivity index (χ1n) is 8.92. The molecule has 1 N–H and O–H groups in total. The molecule has 1 aliphatic heterocycles. The lowest BCUT2D eigenvalue weighted by Gasteiger charge is -2.26. The molecular weight excluding hydrogens is 370 g/mol. The highest BCUT2D eigenvalue weighted by atomic mass is 35.5. The minimum atomic E-state index is -0.662. The number of carbonyl (C=O) groups excluding carboxylic acids is 1. The summed E-state index contributed by atoms with van der Waals surface area (Å²) < 4.78 is 1.24. The number of aromatic nitrogens is 2. The number of piperidine rings is 1. The predicted molar refractivity (Wildman–Crippen MR) is 103 cm³/mol. The average molecular weight is 392 g/mol. The summed E-state index contributed by atoms with van der Waals surface area (Å²) in [6, 6.07) is 7.74. The van der Waals surface area contributed by atoms with Crippen molar-refractivity contribution in [2.75, 3.05) is 18.4 Å². The number of nitrogens with one attached hydrogen (secondary N) is 1. The number of rotatable bonds is 6. The van der Waals surface area contributed by atoms with Crippen molar-refractivity contribution in [1.82, 2.24) is 14.7 Å². The third-order valence-corrected chi connectivity index (χ3v) is 5.12. The van der Waals surface area contributed by atoms with Gasteiger partial charge in [0.25, 0.3) is 0 Å². The molecule has 27 heavy (non-hydrogen) atoms. The number of benzene rings is 1. The van der Waals surface area contributed by atoms with Gasteiger partial charge in [-0.15, -0.1) is 0 Å². The van der Waals surface area contributed by atoms with Crippen LogP contribution < -0.4 is 5.32 Å². The third-order valence-electron chi connectivity index (χ3n) is 4.68. The molecule has 9 heteroatoms. The fourth-order valence-corrected chi connectivity index (χ4v) is 3.39. The minimum Gasteiger partial charge on any atom is -0.358 e. The highest BCUT2D eigenvalue weighted by Gasteiger charge is 2.25. The van der Waals surface area contributed by atoms with E-state index in [0.29, 0.717) is 11.4 Å². The quantitative estimate of drug-likeness (QED) is 0.601. The zero-order valence-corrected chi connectivity index (χ0v) is 15.9. The monoisotopic (exact) mass is 391 g/mol. The first kappa shape index (κ1) is 19.3. The van der Waals surface area contributed by atoms with Gasteiger partial charge in [-0.1, -0.05) is 30.2 Å². The second-order valence-electron chi connectivity index (χ2n) is 6.72. The molecule has 2 aromatic rings. The van der Waals surface area contributed by atoms with Crippen LogP contribution in [0.2, 0.25) is 5.02 Å². The Morgan fingerprint density at radius 3 is 2.52 bits per heavy atom. The Morgan fingerprint density at radius 1 is 1.26 bits per heavy atom. The molecule has 3 rings (SSSR count). The van der Waals surface area contributed by atoms with Gasteiger partial charge in [0.2, 0.25) is 5.91 Å². The van der Waals surface area contributed by atoms with Gasteiger partial charge in [0.15, 0.2) is 5.02 Å². The molecular formula is C18H22ClN5O3. The van der Waals surface area contributed by atoms with Crippen molar-refractivity contribution < 1.29 is 9.72 Å². The number of halogens is 1. The molecule has 0 unspecified atom stereocenters. The van der Waals surface area contributed by atoms with Gasteiger partial charge in [-0.05, 0) is 55.5 Å². The number of likely N-dealkylation sites (tertiary alicyclic amines) is 1. The number of hydrogen-bond acceptors (Lipinski definition) is 5. The number of nitrogens with zero attached hydrogens (tertiary/aromatic N) is 4. The van der Waals surface area contributed by atoms with Crippen LogP contribution in [0.25, 0.3) is 0 Å². The van der Waals surface area contributed by atoms with Crippen LogP contribution in [-0.2, 0) is 17.9 Å². The van der Waals surface area contributed by atoms with Crippen molar-refractivity contribution in [3.63, 3.8) is 0 Å².